The summed E-state index contributed by atoms with van der Waals surface area (Å²) in [5.41, 5.74) is 0.437. The molecule has 1 amide bonds. The van der Waals surface area contributed by atoms with Crippen LogP contribution in [0.25, 0.3) is 0 Å². The van der Waals surface area contributed by atoms with Crippen LogP contribution in [0.5, 0.6) is 0 Å². The maximum atomic E-state index is 11.6. The molecule has 1 aliphatic carbocycles. The number of furan rings is 1. The average molecular weight is 195 g/mol. The highest BCUT2D eigenvalue weighted by atomic mass is 16.3. The Bertz CT molecular complexity index is 352. The van der Waals surface area contributed by atoms with Gasteiger partial charge in [-0.2, -0.15) is 0 Å². The van der Waals surface area contributed by atoms with E-state index in [1.165, 1.54) is 6.26 Å². The molecule has 1 aliphatic rings. The Morgan fingerprint density at radius 3 is 2.86 bits per heavy atom. The van der Waals surface area contributed by atoms with Crippen molar-refractivity contribution >= 4 is 5.91 Å². The summed E-state index contributed by atoms with van der Waals surface area (Å²) in [5.74, 6) is 0.101. The van der Waals surface area contributed by atoms with Crippen molar-refractivity contribution in [3.8, 4) is 0 Å². The molecule has 76 valence electrons. The van der Waals surface area contributed by atoms with Crippen LogP contribution in [-0.4, -0.2) is 23.2 Å². The van der Waals surface area contributed by atoms with E-state index in [1.54, 1.807) is 6.07 Å². The van der Waals surface area contributed by atoms with Crippen LogP contribution in [0, 0.1) is 6.92 Å². The van der Waals surface area contributed by atoms with Gasteiger partial charge in [-0.1, -0.05) is 0 Å². The highest BCUT2D eigenvalue weighted by molar-refractivity contribution is 5.93. The largest absolute Gasteiger partial charge is 0.459 e. The van der Waals surface area contributed by atoms with E-state index in [9.17, 15) is 4.79 Å². The molecule has 0 unspecified atom stereocenters. The molecule has 1 aromatic rings. The number of rotatable bonds is 3. The SMILES string of the molecule is Cc1ccoc1C(=O)NC1(CO)CC1. The minimum Gasteiger partial charge on any atom is -0.459 e. The average Bonchev–Trinajstić information content (AvgIpc) is 2.80. The summed E-state index contributed by atoms with van der Waals surface area (Å²) in [7, 11) is 0. The number of aryl methyl sites for hydroxylation is 1. The molecule has 0 aromatic carbocycles. The lowest BCUT2D eigenvalue weighted by atomic mass is 10.2. The molecule has 1 saturated carbocycles. The van der Waals surface area contributed by atoms with Crippen molar-refractivity contribution in [3.05, 3.63) is 23.7 Å². The lowest BCUT2D eigenvalue weighted by Crippen LogP contribution is -2.39. The molecule has 0 radical (unpaired) electrons. The lowest BCUT2D eigenvalue weighted by Gasteiger charge is -2.12. The summed E-state index contributed by atoms with van der Waals surface area (Å²) in [5, 5.41) is 11.8. The predicted octanol–water partition coefficient (Wildman–Crippen LogP) is 0.843. The van der Waals surface area contributed by atoms with Crippen LogP contribution in [0.3, 0.4) is 0 Å². The molecule has 14 heavy (non-hydrogen) atoms. The minimum atomic E-state index is -0.379. The van der Waals surface area contributed by atoms with Crippen molar-refractivity contribution in [2.75, 3.05) is 6.61 Å². The van der Waals surface area contributed by atoms with Gasteiger partial charge in [0.2, 0.25) is 0 Å². The number of hydrogen-bond acceptors (Lipinski definition) is 3. The quantitative estimate of drug-likeness (QED) is 0.751. The van der Waals surface area contributed by atoms with E-state index < -0.39 is 0 Å². The van der Waals surface area contributed by atoms with E-state index in [1.807, 2.05) is 6.92 Å². The van der Waals surface area contributed by atoms with Crippen LogP contribution in [0.1, 0.15) is 29.0 Å². The molecule has 4 heteroatoms. The Kier molecular flexibility index (Phi) is 2.07. The molecule has 0 saturated heterocycles. The van der Waals surface area contributed by atoms with Gasteiger partial charge in [0.25, 0.3) is 5.91 Å². The van der Waals surface area contributed by atoms with Gasteiger partial charge >= 0.3 is 0 Å². The van der Waals surface area contributed by atoms with Gasteiger partial charge < -0.3 is 14.8 Å². The minimum absolute atomic E-state index is 0.00149. The zero-order valence-electron chi connectivity index (χ0n) is 8.04. The molecule has 2 rings (SSSR count). The van der Waals surface area contributed by atoms with Crippen molar-refractivity contribution in [2.45, 2.75) is 25.3 Å². The van der Waals surface area contributed by atoms with Gasteiger partial charge in [-0.05, 0) is 25.8 Å². The van der Waals surface area contributed by atoms with Crippen molar-refractivity contribution in [3.63, 3.8) is 0 Å². The first kappa shape index (κ1) is 9.27. The van der Waals surface area contributed by atoms with Crippen LogP contribution in [-0.2, 0) is 0 Å². The van der Waals surface area contributed by atoms with Crippen LogP contribution in [0.15, 0.2) is 16.7 Å². The Morgan fingerprint density at radius 2 is 2.43 bits per heavy atom. The van der Waals surface area contributed by atoms with Crippen LogP contribution >= 0.6 is 0 Å². The zero-order valence-corrected chi connectivity index (χ0v) is 8.04. The molecule has 4 nitrogen and oxygen atoms in total. The van der Waals surface area contributed by atoms with E-state index in [0.29, 0.717) is 5.76 Å². The van der Waals surface area contributed by atoms with Gasteiger partial charge in [-0.15, -0.1) is 0 Å². The van der Waals surface area contributed by atoms with Crippen LogP contribution < -0.4 is 5.32 Å². The Morgan fingerprint density at radius 1 is 1.71 bits per heavy atom. The van der Waals surface area contributed by atoms with E-state index in [4.69, 9.17) is 9.52 Å². The summed E-state index contributed by atoms with van der Waals surface area (Å²) < 4.78 is 5.05. The number of nitrogens with one attached hydrogen (secondary N) is 1. The number of carbonyl (C=O) groups is 1. The molecule has 1 aromatic heterocycles. The van der Waals surface area contributed by atoms with Gasteiger partial charge in [0.1, 0.15) is 0 Å². The van der Waals surface area contributed by atoms with Gasteiger partial charge in [0.15, 0.2) is 5.76 Å². The lowest BCUT2D eigenvalue weighted by molar-refractivity contribution is 0.0878. The number of carbonyl (C=O) groups excluding carboxylic acids is 1. The highest BCUT2D eigenvalue weighted by Crippen LogP contribution is 2.34. The third-order valence-electron chi connectivity index (χ3n) is 2.60. The second-order valence-corrected chi connectivity index (χ2v) is 3.83. The third-order valence-corrected chi connectivity index (χ3v) is 2.60. The maximum Gasteiger partial charge on any atom is 0.287 e. The van der Waals surface area contributed by atoms with E-state index >= 15 is 0 Å². The van der Waals surface area contributed by atoms with E-state index in [2.05, 4.69) is 5.32 Å². The van der Waals surface area contributed by atoms with Gasteiger partial charge in [0, 0.05) is 5.56 Å². The summed E-state index contributed by atoms with van der Waals surface area (Å²) in [6, 6.07) is 1.74. The standard InChI is InChI=1S/C10H13NO3/c1-7-2-5-14-8(7)9(13)11-10(6-12)3-4-10/h2,5,12H,3-4,6H2,1H3,(H,11,13). The predicted molar refractivity (Wildman–Crippen MR) is 50.0 cm³/mol. The fraction of sp³-hybridized carbons (Fsp3) is 0.500. The van der Waals surface area contributed by atoms with Gasteiger partial charge in [0.05, 0.1) is 18.4 Å². The molecule has 0 atom stereocenters. The fourth-order valence-electron chi connectivity index (χ4n) is 1.38. The Balaban J connectivity index is 2.07. The number of hydrogen-bond donors (Lipinski definition) is 2. The molecule has 0 aliphatic heterocycles. The number of amides is 1. The van der Waals surface area contributed by atoms with Gasteiger partial charge in [-0.3, -0.25) is 4.79 Å². The van der Waals surface area contributed by atoms with Gasteiger partial charge in [-0.25, -0.2) is 0 Å². The maximum absolute atomic E-state index is 11.6. The molecular formula is C10H13NO3. The molecule has 0 spiro atoms. The second kappa shape index (κ2) is 3.13. The highest BCUT2D eigenvalue weighted by Gasteiger charge is 2.44. The van der Waals surface area contributed by atoms with Crippen molar-refractivity contribution in [1.29, 1.82) is 0 Å². The number of aliphatic hydroxyl groups is 1. The van der Waals surface area contributed by atoms with E-state index in [0.717, 1.165) is 18.4 Å². The first-order valence-electron chi connectivity index (χ1n) is 4.64. The molecule has 0 bridgehead atoms. The van der Waals surface area contributed by atoms with Crippen LogP contribution in [0.4, 0.5) is 0 Å². The monoisotopic (exact) mass is 195 g/mol. The second-order valence-electron chi connectivity index (χ2n) is 3.83. The fourth-order valence-corrected chi connectivity index (χ4v) is 1.38. The Labute approximate surface area is 81.9 Å². The summed E-state index contributed by atoms with van der Waals surface area (Å²) in [4.78, 5) is 11.6. The summed E-state index contributed by atoms with van der Waals surface area (Å²) in [6.45, 7) is 1.81. The molecule has 2 N–H and O–H groups in total. The van der Waals surface area contributed by atoms with Crippen LogP contribution in [0.2, 0.25) is 0 Å². The number of aliphatic hydroxyl groups excluding tert-OH is 1. The zero-order chi connectivity index (χ0) is 10.2. The third kappa shape index (κ3) is 1.53. The van der Waals surface area contributed by atoms with Crippen molar-refractivity contribution in [1.82, 2.24) is 5.32 Å². The normalized spacial score (nSPS) is 17.9. The molecule has 1 heterocycles. The topological polar surface area (TPSA) is 62.5 Å². The first-order chi connectivity index (χ1) is 6.67. The summed E-state index contributed by atoms with van der Waals surface area (Å²) >= 11 is 0. The van der Waals surface area contributed by atoms with Crippen molar-refractivity contribution in [2.24, 2.45) is 0 Å². The molecular weight excluding hydrogens is 182 g/mol. The summed E-state index contributed by atoms with van der Waals surface area (Å²) in [6.07, 6.45) is 3.17. The smallest absolute Gasteiger partial charge is 0.287 e. The Hall–Kier alpha value is -1.29. The molecule has 1 fully saturated rings. The van der Waals surface area contributed by atoms with Crippen molar-refractivity contribution < 1.29 is 14.3 Å². The first-order valence-corrected chi connectivity index (χ1v) is 4.64. The van der Waals surface area contributed by atoms with E-state index in [-0.39, 0.29) is 18.1 Å².